The van der Waals surface area contributed by atoms with Gasteiger partial charge in [0.2, 0.25) is 5.82 Å². The molecule has 0 aliphatic rings. The third-order valence-corrected chi connectivity index (χ3v) is 2.90. The molecule has 3 aromatic rings. The summed E-state index contributed by atoms with van der Waals surface area (Å²) in [5, 5.41) is 13.1. The lowest BCUT2D eigenvalue weighted by Gasteiger charge is -1.98. The third-order valence-electron chi connectivity index (χ3n) is 2.64. The Morgan fingerprint density at radius 1 is 1.11 bits per heavy atom. The first kappa shape index (κ1) is 11.0. The molecule has 0 amide bonds. The monoisotopic (exact) mass is 259 g/mol. The Bertz CT molecular complexity index is 668. The highest BCUT2D eigenvalue weighted by atomic mass is 35.5. The Morgan fingerprint density at radius 3 is 2.56 bits per heavy atom. The Balaban J connectivity index is 1.99. The number of halogens is 1. The van der Waals surface area contributed by atoms with Gasteiger partial charge in [-0.3, -0.25) is 0 Å². The van der Waals surface area contributed by atoms with Crippen molar-refractivity contribution in [1.82, 2.24) is 24.8 Å². The molecule has 0 N–H and O–H groups in total. The van der Waals surface area contributed by atoms with Crippen LogP contribution in [0.25, 0.3) is 17.2 Å². The normalized spacial score (nSPS) is 10.8. The first-order valence-corrected chi connectivity index (χ1v) is 5.79. The maximum atomic E-state index is 5.84. The zero-order valence-corrected chi connectivity index (χ0v) is 10.4. The van der Waals surface area contributed by atoms with E-state index >= 15 is 0 Å². The van der Waals surface area contributed by atoms with E-state index in [9.17, 15) is 0 Å². The molecule has 0 saturated heterocycles. The number of tetrazole rings is 1. The molecule has 0 aliphatic carbocycles. The van der Waals surface area contributed by atoms with Gasteiger partial charge in [0.15, 0.2) is 0 Å². The van der Waals surface area contributed by atoms with E-state index in [4.69, 9.17) is 11.6 Å². The fraction of sp³-hybridized carbons (Fsp3) is 0.0833. The van der Waals surface area contributed by atoms with Crippen LogP contribution in [-0.4, -0.2) is 24.8 Å². The highest BCUT2D eigenvalue weighted by Crippen LogP contribution is 2.15. The predicted molar refractivity (Wildman–Crippen MR) is 68.6 cm³/mol. The molecule has 0 atom stereocenters. The predicted octanol–water partition coefficient (Wildman–Crippen LogP) is 2.32. The van der Waals surface area contributed by atoms with Crippen LogP contribution in [0.1, 0.15) is 0 Å². The van der Waals surface area contributed by atoms with E-state index < -0.39 is 0 Å². The summed E-state index contributed by atoms with van der Waals surface area (Å²) in [7, 11) is 1.94. The van der Waals surface area contributed by atoms with Gasteiger partial charge in [0, 0.05) is 18.3 Å². The zero-order chi connectivity index (χ0) is 12.5. The number of nitrogens with zero attached hydrogens (tertiary/aromatic N) is 5. The number of hydrogen-bond donors (Lipinski definition) is 0. The van der Waals surface area contributed by atoms with Crippen LogP contribution in [-0.2, 0) is 7.05 Å². The number of benzene rings is 1. The minimum absolute atomic E-state index is 0.595. The lowest BCUT2D eigenvalue weighted by atomic mass is 10.3. The van der Waals surface area contributed by atoms with Gasteiger partial charge in [-0.25, -0.2) is 0 Å². The van der Waals surface area contributed by atoms with Crippen molar-refractivity contribution in [1.29, 1.82) is 0 Å². The average Bonchev–Trinajstić information content (AvgIpc) is 2.98. The van der Waals surface area contributed by atoms with Gasteiger partial charge in [-0.15, -0.1) is 15.0 Å². The molecule has 18 heavy (non-hydrogen) atoms. The lowest BCUT2D eigenvalue weighted by Crippen LogP contribution is -1.98. The highest BCUT2D eigenvalue weighted by molar-refractivity contribution is 6.30. The maximum absolute atomic E-state index is 5.84. The van der Waals surface area contributed by atoms with Crippen molar-refractivity contribution in [2.45, 2.75) is 0 Å². The molecule has 0 bridgehead atoms. The second-order valence-electron chi connectivity index (χ2n) is 3.88. The minimum atomic E-state index is 0.595. The molecule has 5 nitrogen and oxygen atoms in total. The van der Waals surface area contributed by atoms with E-state index in [1.807, 2.05) is 42.1 Å². The topological polar surface area (TPSA) is 48.5 Å². The van der Waals surface area contributed by atoms with Gasteiger partial charge in [-0.2, -0.15) is 0 Å². The Hall–Kier alpha value is -2.14. The second-order valence-corrected chi connectivity index (χ2v) is 4.32. The molecule has 0 radical (unpaired) electrons. The molecular weight excluding hydrogens is 250 g/mol. The number of aryl methyl sites for hydroxylation is 1. The molecule has 6 heteroatoms. The number of hydrogen-bond acceptors (Lipinski definition) is 3. The van der Waals surface area contributed by atoms with Crippen LogP contribution < -0.4 is 0 Å². The SMILES string of the molecule is Cn1cccc1-c1nnn(-c2ccc(Cl)cc2)n1. The average molecular weight is 260 g/mol. The van der Waals surface area contributed by atoms with E-state index in [2.05, 4.69) is 15.4 Å². The summed E-state index contributed by atoms with van der Waals surface area (Å²) in [6.45, 7) is 0. The molecule has 0 fully saturated rings. The van der Waals surface area contributed by atoms with Crippen molar-refractivity contribution in [2.75, 3.05) is 0 Å². The van der Waals surface area contributed by atoms with E-state index in [-0.39, 0.29) is 0 Å². The van der Waals surface area contributed by atoms with Crippen molar-refractivity contribution in [2.24, 2.45) is 7.05 Å². The van der Waals surface area contributed by atoms with Crippen molar-refractivity contribution in [3.8, 4) is 17.2 Å². The molecule has 3 rings (SSSR count). The van der Waals surface area contributed by atoms with Crippen LogP contribution in [0.3, 0.4) is 0 Å². The van der Waals surface area contributed by atoms with E-state index in [1.54, 1.807) is 12.1 Å². The lowest BCUT2D eigenvalue weighted by molar-refractivity contribution is 0.720. The Labute approximate surface area is 109 Å². The van der Waals surface area contributed by atoms with Gasteiger partial charge in [0.25, 0.3) is 0 Å². The van der Waals surface area contributed by atoms with Crippen LogP contribution in [0, 0.1) is 0 Å². The highest BCUT2D eigenvalue weighted by Gasteiger charge is 2.09. The Kier molecular flexibility index (Phi) is 2.60. The van der Waals surface area contributed by atoms with Crippen molar-refractivity contribution in [3.63, 3.8) is 0 Å². The van der Waals surface area contributed by atoms with Crippen LogP contribution in [0.2, 0.25) is 5.02 Å². The van der Waals surface area contributed by atoms with Gasteiger partial charge < -0.3 is 4.57 Å². The summed E-state index contributed by atoms with van der Waals surface area (Å²) in [4.78, 5) is 1.48. The fourth-order valence-corrected chi connectivity index (χ4v) is 1.82. The summed E-state index contributed by atoms with van der Waals surface area (Å²) >= 11 is 5.84. The molecule has 0 unspecified atom stereocenters. The summed E-state index contributed by atoms with van der Waals surface area (Å²) in [5.41, 5.74) is 1.75. The molecule has 90 valence electrons. The number of aromatic nitrogens is 5. The van der Waals surface area contributed by atoms with Crippen molar-refractivity contribution >= 4 is 11.6 Å². The third kappa shape index (κ3) is 1.89. The minimum Gasteiger partial charge on any atom is -0.348 e. The van der Waals surface area contributed by atoms with E-state index in [0.717, 1.165) is 11.4 Å². The standard InChI is InChI=1S/C12H10ClN5/c1-17-8-2-3-11(17)12-14-16-18(15-12)10-6-4-9(13)5-7-10/h2-8H,1H3. The molecule has 2 aromatic heterocycles. The molecular formula is C12H10ClN5. The smallest absolute Gasteiger partial charge is 0.221 e. The van der Waals surface area contributed by atoms with Crippen LogP contribution in [0.4, 0.5) is 0 Å². The molecule has 1 aromatic carbocycles. The van der Waals surface area contributed by atoms with Crippen molar-refractivity contribution < 1.29 is 0 Å². The molecule has 2 heterocycles. The summed E-state index contributed by atoms with van der Waals surface area (Å²) < 4.78 is 1.95. The van der Waals surface area contributed by atoms with Crippen molar-refractivity contribution in [3.05, 3.63) is 47.6 Å². The fourth-order valence-electron chi connectivity index (χ4n) is 1.69. The maximum Gasteiger partial charge on any atom is 0.221 e. The van der Waals surface area contributed by atoms with Gasteiger partial charge in [0.1, 0.15) is 0 Å². The largest absolute Gasteiger partial charge is 0.348 e. The van der Waals surface area contributed by atoms with Gasteiger partial charge in [-0.1, -0.05) is 11.6 Å². The number of rotatable bonds is 2. The second kappa shape index (κ2) is 4.27. The van der Waals surface area contributed by atoms with Gasteiger partial charge in [-0.05, 0) is 41.6 Å². The van der Waals surface area contributed by atoms with Crippen LogP contribution in [0.5, 0.6) is 0 Å². The van der Waals surface area contributed by atoms with Crippen LogP contribution in [0.15, 0.2) is 42.6 Å². The van der Waals surface area contributed by atoms with Gasteiger partial charge in [0.05, 0.1) is 11.4 Å². The van der Waals surface area contributed by atoms with Crippen LogP contribution >= 0.6 is 11.6 Å². The molecule has 0 spiro atoms. The summed E-state index contributed by atoms with van der Waals surface area (Å²) in [6.07, 6.45) is 1.94. The molecule has 0 saturated carbocycles. The Morgan fingerprint density at radius 2 is 1.89 bits per heavy atom. The summed E-state index contributed by atoms with van der Waals surface area (Å²) in [6, 6.07) is 11.2. The quantitative estimate of drug-likeness (QED) is 0.710. The first-order valence-electron chi connectivity index (χ1n) is 5.42. The van der Waals surface area contributed by atoms with E-state index in [0.29, 0.717) is 10.8 Å². The first-order chi connectivity index (χ1) is 8.74. The zero-order valence-electron chi connectivity index (χ0n) is 9.66. The summed E-state index contributed by atoms with van der Waals surface area (Å²) in [5.74, 6) is 0.595. The van der Waals surface area contributed by atoms with E-state index in [1.165, 1.54) is 4.80 Å². The van der Waals surface area contributed by atoms with Gasteiger partial charge >= 0.3 is 0 Å². The molecule has 0 aliphatic heterocycles.